The number of aromatic nitrogens is 1. The van der Waals surface area contributed by atoms with Crippen molar-refractivity contribution in [2.24, 2.45) is 0 Å². The summed E-state index contributed by atoms with van der Waals surface area (Å²) >= 11 is 0. The molecular formula is C20H24N2O3. The number of para-hydroxylation sites is 1. The summed E-state index contributed by atoms with van der Waals surface area (Å²) in [6.07, 6.45) is 0. The van der Waals surface area contributed by atoms with Gasteiger partial charge in [0, 0.05) is 18.5 Å². The predicted octanol–water partition coefficient (Wildman–Crippen LogP) is 3.21. The van der Waals surface area contributed by atoms with Crippen LogP contribution < -0.4 is 10.2 Å². The van der Waals surface area contributed by atoms with Crippen LogP contribution in [0, 0.1) is 0 Å². The van der Waals surface area contributed by atoms with Crippen molar-refractivity contribution in [1.29, 1.82) is 0 Å². The van der Waals surface area contributed by atoms with Crippen molar-refractivity contribution in [3.05, 3.63) is 46.6 Å². The van der Waals surface area contributed by atoms with Gasteiger partial charge in [-0.25, -0.2) is 0 Å². The third-order valence-electron chi connectivity index (χ3n) is 4.81. The molecule has 0 aliphatic heterocycles. The SMILES string of the molecule is CCN(CC)CCn1c2ccccc2c(=O)c2c(O)ccc(OC)c21. The van der Waals surface area contributed by atoms with Crippen molar-refractivity contribution in [3.63, 3.8) is 0 Å². The van der Waals surface area contributed by atoms with Crippen LogP contribution in [0.15, 0.2) is 41.2 Å². The van der Waals surface area contributed by atoms with Crippen LogP contribution in [0.2, 0.25) is 0 Å². The van der Waals surface area contributed by atoms with Crippen LogP contribution in [-0.2, 0) is 6.54 Å². The normalized spacial score (nSPS) is 11.5. The largest absolute Gasteiger partial charge is 0.507 e. The summed E-state index contributed by atoms with van der Waals surface area (Å²) in [5.74, 6) is 0.582. The molecule has 5 nitrogen and oxygen atoms in total. The Morgan fingerprint density at radius 1 is 1.12 bits per heavy atom. The first-order chi connectivity index (χ1) is 12.1. The van der Waals surface area contributed by atoms with Crippen molar-refractivity contribution in [1.82, 2.24) is 9.47 Å². The van der Waals surface area contributed by atoms with E-state index in [2.05, 4.69) is 23.3 Å². The van der Waals surface area contributed by atoms with E-state index >= 15 is 0 Å². The average Bonchev–Trinajstić information content (AvgIpc) is 2.64. The van der Waals surface area contributed by atoms with E-state index < -0.39 is 0 Å². The minimum absolute atomic E-state index is 0.0110. The maximum absolute atomic E-state index is 12.9. The van der Waals surface area contributed by atoms with Crippen LogP contribution in [0.5, 0.6) is 11.5 Å². The number of hydrogen-bond donors (Lipinski definition) is 1. The molecule has 3 aromatic rings. The van der Waals surface area contributed by atoms with E-state index in [4.69, 9.17) is 4.74 Å². The number of pyridine rings is 1. The van der Waals surface area contributed by atoms with Gasteiger partial charge in [-0.3, -0.25) is 4.79 Å². The number of ether oxygens (including phenoxy) is 1. The molecule has 3 rings (SSSR count). The molecule has 0 bridgehead atoms. The second-order valence-electron chi connectivity index (χ2n) is 6.04. The highest BCUT2D eigenvalue weighted by Crippen LogP contribution is 2.32. The molecule has 2 aromatic carbocycles. The Morgan fingerprint density at radius 2 is 1.84 bits per heavy atom. The van der Waals surface area contributed by atoms with Gasteiger partial charge in [-0.15, -0.1) is 0 Å². The second-order valence-corrected chi connectivity index (χ2v) is 6.04. The summed E-state index contributed by atoms with van der Waals surface area (Å²) in [6, 6.07) is 10.8. The maximum atomic E-state index is 12.9. The molecule has 1 aromatic heterocycles. The summed E-state index contributed by atoms with van der Waals surface area (Å²) in [4.78, 5) is 15.3. The van der Waals surface area contributed by atoms with Gasteiger partial charge in [-0.05, 0) is 37.4 Å². The van der Waals surface area contributed by atoms with E-state index in [0.29, 0.717) is 28.6 Å². The van der Waals surface area contributed by atoms with E-state index in [9.17, 15) is 9.90 Å². The highest BCUT2D eigenvalue weighted by atomic mass is 16.5. The van der Waals surface area contributed by atoms with Crippen LogP contribution in [0.3, 0.4) is 0 Å². The van der Waals surface area contributed by atoms with E-state index in [1.807, 2.05) is 24.3 Å². The minimum Gasteiger partial charge on any atom is -0.507 e. The quantitative estimate of drug-likeness (QED) is 0.700. The molecule has 0 aliphatic rings. The summed E-state index contributed by atoms with van der Waals surface area (Å²) in [5.41, 5.74) is 1.34. The standard InChI is InChI=1S/C20H24N2O3/c1-4-21(5-2)12-13-22-15-9-7-6-8-14(15)20(24)18-16(23)10-11-17(25-3)19(18)22/h6-11,23H,4-5,12-13H2,1-3H3. The molecule has 0 radical (unpaired) electrons. The van der Waals surface area contributed by atoms with Crippen molar-refractivity contribution in [3.8, 4) is 11.5 Å². The van der Waals surface area contributed by atoms with Gasteiger partial charge in [-0.1, -0.05) is 26.0 Å². The number of aromatic hydroxyl groups is 1. The molecule has 132 valence electrons. The molecule has 25 heavy (non-hydrogen) atoms. The molecule has 1 heterocycles. The molecule has 0 aliphatic carbocycles. The third-order valence-corrected chi connectivity index (χ3v) is 4.81. The minimum atomic E-state index is -0.166. The van der Waals surface area contributed by atoms with Crippen molar-refractivity contribution >= 4 is 21.8 Å². The third kappa shape index (κ3) is 2.96. The Morgan fingerprint density at radius 3 is 2.52 bits per heavy atom. The van der Waals surface area contributed by atoms with Crippen LogP contribution in [-0.4, -0.2) is 41.3 Å². The number of methoxy groups -OCH3 is 1. The Labute approximate surface area is 147 Å². The van der Waals surface area contributed by atoms with Gasteiger partial charge >= 0.3 is 0 Å². The van der Waals surface area contributed by atoms with Gasteiger partial charge in [0.05, 0.1) is 23.5 Å². The van der Waals surface area contributed by atoms with E-state index in [1.54, 1.807) is 13.2 Å². The number of nitrogens with zero attached hydrogens (tertiary/aromatic N) is 2. The van der Waals surface area contributed by atoms with Gasteiger partial charge in [0.25, 0.3) is 0 Å². The lowest BCUT2D eigenvalue weighted by atomic mass is 10.1. The van der Waals surface area contributed by atoms with Crippen molar-refractivity contribution in [2.75, 3.05) is 26.7 Å². The first-order valence-electron chi connectivity index (χ1n) is 8.65. The number of rotatable bonds is 6. The fraction of sp³-hybridized carbons (Fsp3) is 0.350. The molecular weight excluding hydrogens is 316 g/mol. The number of phenols is 1. The van der Waals surface area contributed by atoms with Crippen LogP contribution in [0.4, 0.5) is 0 Å². The number of benzene rings is 2. The number of phenolic OH excluding ortho intramolecular Hbond substituents is 1. The maximum Gasteiger partial charge on any atom is 0.201 e. The predicted molar refractivity (Wildman–Crippen MR) is 102 cm³/mol. The fourth-order valence-electron chi connectivity index (χ4n) is 3.39. The van der Waals surface area contributed by atoms with E-state index in [0.717, 1.165) is 25.2 Å². The average molecular weight is 340 g/mol. The molecule has 0 saturated heterocycles. The lowest BCUT2D eigenvalue weighted by Gasteiger charge is -2.22. The topological polar surface area (TPSA) is 54.7 Å². The zero-order valence-corrected chi connectivity index (χ0v) is 15.0. The van der Waals surface area contributed by atoms with Crippen LogP contribution in [0.1, 0.15) is 13.8 Å². The lowest BCUT2D eigenvalue weighted by molar-refractivity contribution is 0.293. The molecule has 5 heteroatoms. The first-order valence-corrected chi connectivity index (χ1v) is 8.65. The Bertz CT molecular complexity index is 958. The Kier molecular flexibility index (Phi) is 4.95. The zero-order chi connectivity index (χ0) is 18.0. The van der Waals surface area contributed by atoms with Crippen molar-refractivity contribution in [2.45, 2.75) is 20.4 Å². The number of likely N-dealkylation sites (N-methyl/N-ethyl adjacent to an activating group) is 1. The van der Waals surface area contributed by atoms with Crippen molar-refractivity contribution < 1.29 is 9.84 Å². The molecule has 0 amide bonds. The second kappa shape index (κ2) is 7.15. The molecule has 0 fully saturated rings. The highest BCUT2D eigenvalue weighted by molar-refractivity contribution is 5.99. The zero-order valence-electron chi connectivity index (χ0n) is 15.0. The molecule has 0 unspecified atom stereocenters. The smallest absolute Gasteiger partial charge is 0.201 e. The summed E-state index contributed by atoms with van der Waals surface area (Å²) in [5, 5.41) is 11.3. The van der Waals surface area contributed by atoms with Crippen LogP contribution in [0.25, 0.3) is 21.8 Å². The molecule has 0 saturated carbocycles. The summed E-state index contributed by atoms with van der Waals surface area (Å²) < 4.78 is 7.59. The lowest BCUT2D eigenvalue weighted by Crippen LogP contribution is -2.27. The van der Waals surface area contributed by atoms with Crippen LogP contribution >= 0.6 is 0 Å². The van der Waals surface area contributed by atoms with Gasteiger partial charge in [0.2, 0.25) is 5.43 Å². The fourth-order valence-corrected chi connectivity index (χ4v) is 3.39. The number of fused-ring (bicyclic) bond motifs is 2. The number of hydrogen-bond acceptors (Lipinski definition) is 4. The Balaban J connectivity index is 2.35. The Hall–Kier alpha value is -2.53. The summed E-state index contributed by atoms with van der Waals surface area (Å²) in [7, 11) is 1.58. The molecule has 0 spiro atoms. The van der Waals surface area contributed by atoms with Gasteiger partial charge in [-0.2, -0.15) is 0 Å². The van der Waals surface area contributed by atoms with E-state index in [1.165, 1.54) is 6.07 Å². The van der Waals surface area contributed by atoms with Gasteiger partial charge < -0.3 is 19.3 Å². The summed E-state index contributed by atoms with van der Waals surface area (Å²) in [6.45, 7) is 7.77. The van der Waals surface area contributed by atoms with Gasteiger partial charge in [0.15, 0.2) is 0 Å². The highest BCUT2D eigenvalue weighted by Gasteiger charge is 2.17. The first kappa shape index (κ1) is 17.3. The molecule has 0 atom stereocenters. The van der Waals surface area contributed by atoms with E-state index in [-0.39, 0.29) is 11.2 Å². The van der Waals surface area contributed by atoms with Gasteiger partial charge in [0.1, 0.15) is 11.5 Å². The monoisotopic (exact) mass is 340 g/mol. The molecule has 1 N–H and O–H groups in total.